The zero-order valence-electron chi connectivity index (χ0n) is 16.5. The Kier molecular flexibility index (Phi) is 9.29. The number of likely N-dealkylation sites (N-methyl/N-ethyl adjacent to an activating group) is 1. The van der Waals surface area contributed by atoms with E-state index in [1.807, 2.05) is 6.07 Å². The van der Waals surface area contributed by atoms with Crippen molar-refractivity contribution in [1.29, 1.82) is 5.26 Å². The SMILES string of the molecule is C=[P+](O[P+](O)(O)OCC1OCC(N(C=O)C/C=C\C(=O)NC)C(C#N)C1O)C1CC1. The number of aliphatic hydroxyl groups is 1. The summed E-state index contributed by atoms with van der Waals surface area (Å²) in [5, 5.41) is 22.4. The van der Waals surface area contributed by atoms with Gasteiger partial charge in [-0.1, -0.05) is 6.08 Å². The molecule has 13 heteroatoms. The van der Waals surface area contributed by atoms with Gasteiger partial charge < -0.3 is 20.1 Å². The Morgan fingerprint density at radius 3 is 2.77 bits per heavy atom. The van der Waals surface area contributed by atoms with Crippen LogP contribution in [0.15, 0.2) is 12.2 Å². The molecule has 1 aliphatic carbocycles. The molecule has 0 aromatic rings. The quantitative estimate of drug-likeness (QED) is 0.183. The van der Waals surface area contributed by atoms with Gasteiger partial charge in [0.2, 0.25) is 12.3 Å². The smallest absolute Gasteiger partial charge is 0.389 e. The number of hydrogen-bond donors (Lipinski definition) is 4. The van der Waals surface area contributed by atoms with Gasteiger partial charge in [0.05, 0.1) is 28.9 Å². The lowest BCUT2D eigenvalue weighted by molar-refractivity contribution is -0.149. The van der Waals surface area contributed by atoms with Gasteiger partial charge in [0.15, 0.2) is 5.66 Å². The third-order valence-electron chi connectivity index (χ3n) is 4.76. The molecule has 2 amide bonds. The summed E-state index contributed by atoms with van der Waals surface area (Å²) in [5.41, 5.74) is 0.231. The normalized spacial score (nSPS) is 27.4. The van der Waals surface area contributed by atoms with E-state index in [9.17, 15) is 29.7 Å². The highest BCUT2D eigenvalue weighted by Gasteiger charge is 2.53. The molecule has 166 valence electrons. The van der Waals surface area contributed by atoms with Crippen LogP contribution in [0.25, 0.3) is 0 Å². The highest BCUT2D eigenvalue weighted by molar-refractivity contribution is 7.66. The van der Waals surface area contributed by atoms with Crippen molar-refractivity contribution >= 4 is 34.6 Å². The van der Waals surface area contributed by atoms with E-state index in [4.69, 9.17) is 13.6 Å². The lowest BCUT2D eigenvalue weighted by Crippen LogP contribution is -2.56. The van der Waals surface area contributed by atoms with Gasteiger partial charge in [0, 0.05) is 19.7 Å². The van der Waals surface area contributed by atoms with Crippen molar-refractivity contribution in [3.8, 4) is 6.07 Å². The van der Waals surface area contributed by atoms with Gasteiger partial charge in [0.25, 0.3) is 0 Å². The van der Waals surface area contributed by atoms with Crippen LogP contribution < -0.4 is 5.32 Å². The molecule has 2 aliphatic rings. The monoisotopic (exact) mass is 463 g/mol. The fraction of sp³-hybridized carbons (Fsp3) is 0.647. The fourth-order valence-electron chi connectivity index (χ4n) is 2.88. The number of carbonyl (C=O) groups excluding carboxylic acids is 2. The Morgan fingerprint density at radius 1 is 1.50 bits per heavy atom. The van der Waals surface area contributed by atoms with E-state index in [1.54, 1.807) is 0 Å². The average molecular weight is 463 g/mol. The first kappa shape index (κ1) is 24.8. The fourth-order valence-corrected chi connectivity index (χ4v) is 5.76. The van der Waals surface area contributed by atoms with E-state index in [-0.39, 0.29) is 24.7 Å². The Balaban J connectivity index is 1.93. The van der Waals surface area contributed by atoms with E-state index in [0.717, 1.165) is 12.8 Å². The number of nitriles is 1. The maximum atomic E-state index is 11.5. The number of ether oxygens (including phenoxy) is 1. The number of aliphatic hydroxyl groups excluding tert-OH is 1. The third kappa shape index (κ3) is 7.05. The Morgan fingerprint density at radius 2 is 2.20 bits per heavy atom. The van der Waals surface area contributed by atoms with Crippen LogP contribution in [-0.4, -0.2) is 89.1 Å². The van der Waals surface area contributed by atoms with Crippen LogP contribution in [-0.2, 0) is 23.2 Å². The van der Waals surface area contributed by atoms with Gasteiger partial charge in [-0.3, -0.25) is 9.59 Å². The van der Waals surface area contributed by atoms with Crippen molar-refractivity contribution in [2.24, 2.45) is 5.92 Å². The standard InChI is InChI=1S/C17H26N3O8P2/c1-19-16(22)4-3-7-20(11-21)14-9-26-15(17(23)13(14)8-18)10-27-30(24,25)28-29(2)12-5-6-12/h3-4,11-15,17,23-25H,2,5-7,9-10H2,1H3/q+1/p+1/b4-3-. The predicted molar refractivity (Wildman–Crippen MR) is 110 cm³/mol. The van der Waals surface area contributed by atoms with Gasteiger partial charge in [0.1, 0.15) is 25.1 Å². The van der Waals surface area contributed by atoms with Crippen LogP contribution in [0.1, 0.15) is 12.8 Å². The van der Waals surface area contributed by atoms with E-state index < -0.39 is 46.7 Å². The minimum absolute atomic E-state index is 0.0426. The number of nitrogens with one attached hydrogen (secondary N) is 1. The molecule has 2 fully saturated rings. The summed E-state index contributed by atoms with van der Waals surface area (Å²) in [6.07, 6.45) is 6.49. The van der Waals surface area contributed by atoms with Gasteiger partial charge in [-0.25, -0.2) is 0 Å². The molecule has 0 aromatic heterocycles. The molecule has 1 saturated heterocycles. The first-order valence-electron chi connectivity index (χ1n) is 9.29. The van der Waals surface area contributed by atoms with Gasteiger partial charge in [-0.2, -0.15) is 15.0 Å². The summed E-state index contributed by atoms with van der Waals surface area (Å²) in [6, 6.07) is 1.21. The van der Waals surface area contributed by atoms with Crippen molar-refractivity contribution in [1.82, 2.24) is 10.2 Å². The summed E-state index contributed by atoms with van der Waals surface area (Å²) < 4.78 is 15.7. The van der Waals surface area contributed by atoms with Crippen LogP contribution >= 0.6 is 15.9 Å². The first-order chi connectivity index (χ1) is 14.2. The minimum Gasteiger partial charge on any atom is -0.389 e. The van der Waals surface area contributed by atoms with E-state index in [1.165, 1.54) is 24.1 Å². The van der Waals surface area contributed by atoms with E-state index in [2.05, 4.69) is 11.6 Å². The number of rotatable bonds is 11. The molecule has 1 saturated carbocycles. The van der Waals surface area contributed by atoms with Crippen LogP contribution in [0.2, 0.25) is 0 Å². The van der Waals surface area contributed by atoms with E-state index >= 15 is 0 Å². The summed E-state index contributed by atoms with van der Waals surface area (Å²) in [6.45, 7) is -0.442. The predicted octanol–water partition coefficient (Wildman–Crippen LogP) is -0.298. The second kappa shape index (κ2) is 11.2. The van der Waals surface area contributed by atoms with Gasteiger partial charge >= 0.3 is 15.9 Å². The van der Waals surface area contributed by atoms with Crippen molar-refractivity contribution in [3.63, 3.8) is 0 Å². The summed E-state index contributed by atoms with van der Waals surface area (Å²) in [4.78, 5) is 43.8. The molecular weight excluding hydrogens is 436 g/mol. The maximum absolute atomic E-state index is 11.5. The largest absolute Gasteiger partial charge is 0.617 e. The molecule has 0 bridgehead atoms. The second-order valence-electron chi connectivity index (χ2n) is 6.92. The summed E-state index contributed by atoms with van der Waals surface area (Å²) in [7, 11) is -3.92. The molecular formula is C17H27N3O8P2+2. The molecule has 30 heavy (non-hydrogen) atoms. The number of carbonyl (C=O) groups is 2. The summed E-state index contributed by atoms with van der Waals surface area (Å²) >= 11 is 0. The topological polar surface area (TPSA) is 162 Å². The molecule has 0 radical (unpaired) electrons. The molecule has 0 spiro atoms. The molecule has 5 atom stereocenters. The van der Waals surface area contributed by atoms with Crippen LogP contribution in [0, 0.1) is 17.2 Å². The molecule has 1 aliphatic heterocycles. The molecule has 2 rings (SSSR count). The Hall–Kier alpha value is -1.47. The van der Waals surface area contributed by atoms with Crippen molar-refractivity contribution in [2.45, 2.75) is 36.8 Å². The third-order valence-corrected chi connectivity index (χ3v) is 8.27. The Bertz CT molecular complexity index is 710. The maximum Gasteiger partial charge on any atom is 0.617 e. The zero-order chi connectivity index (χ0) is 22.3. The lowest BCUT2D eigenvalue weighted by Gasteiger charge is -2.40. The van der Waals surface area contributed by atoms with Gasteiger partial charge in [-0.15, -0.1) is 4.52 Å². The van der Waals surface area contributed by atoms with Crippen molar-refractivity contribution < 1.29 is 38.1 Å². The number of amides is 2. The zero-order valence-corrected chi connectivity index (χ0v) is 18.3. The van der Waals surface area contributed by atoms with Crippen LogP contribution in [0.4, 0.5) is 0 Å². The minimum atomic E-state index is -4.12. The molecule has 0 aromatic carbocycles. The van der Waals surface area contributed by atoms with E-state index in [0.29, 0.717) is 6.41 Å². The van der Waals surface area contributed by atoms with Crippen LogP contribution in [0.3, 0.4) is 0 Å². The molecule has 5 unspecified atom stereocenters. The number of nitrogens with zero attached hydrogens (tertiary/aromatic N) is 2. The molecule has 11 nitrogen and oxygen atoms in total. The highest BCUT2D eigenvalue weighted by Crippen LogP contribution is 2.63. The molecule has 4 N–H and O–H groups in total. The van der Waals surface area contributed by atoms with Gasteiger partial charge in [-0.05, 0) is 12.8 Å². The number of hydrogen-bond acceptors (Lipinski definition) is 9. The highest BCUT2D eigenvalue weighted by atomic mass is 31.3. The Labute approximate surface area is 176 Å². The average Bonchev–Trinajstić information content (AvgIpc) is 3.55. The van der Waals surface area contributed by atoms with Crippen molar-refractivity contribution in [2.75, 3.05) is 26.8 Å². The van der Waals surface area contributed by atoms with Crippen LogP contribution in [0.5, 0.6) is 0 Å². The molecule has 1 heterocycles. The second-order valence-corrected chi connectivity index (χ2v) is 10.4. The van der Waals surface area contributed by atoms with Crippen molar-refractivity contribution in [3.05, 3.63) is 12.2 Å². The summed E-state index contributed by atoms with van der Waals surface area (Å²) in [5.74, 6) is -1.35. The lowest BCUT2D eigenvalue weighted by atomic mass is 9.88. The first-order valence-corrected chi connectivity index (χ1v) is 12.3.